The van der Waals surface area contributed by atoms with Gasteiger partial charge in [-0.05, 0) is 37.1 Å². The summed E-state index contributed by atoms with van der Waals surface area (Å²) in [6, 6.07) is 7.06. The third-order valence-corrected chi connectivity index (χ3v) is 4.88. The number of fused-ring (bicyclic) bond motifs is 1. The zero-order chi connectivity index (χ0) is 14.1. The highest BCUT2D eigenvalue weighted by Crippen LogP contribution is 2.32. The van der Waals surface area contributed by atoms with Crippen LogP contribution in [0.2, 0.25) is 0 Å². The van der Waals surface area contributed by atoms with Crippen LogP contribution in [0.15, 0.2) is 23.6 Å². The predicted molar refractivity (Wildman–Crippen MR) is 85.8 cm³/mol. The summed E-state index contributed by atoms with van der Waals surface area (Å²) in [5, 5.41) is 6.85. The molecule has 1 atom stereocenters. The zero-order valence-corrected chi connectivity index (χ0v) is 13.1. The Bertz CT molecular complexity index is 606. The van der Waals surface area contributed by atoms with Crippen molar-refractivity contribution in [3.63, 3.8) is 0 Å². The Labute approximate surface area is 124 Å². The Morgan fingerprint density at radius 2 is 2.30 bits per heavy atom. The average Bonchev–Trinajstić information content (AvgIpc) is 3.03. The van der Waals surface area contributed by atoms with E-state index < -0.39 is 0 Å². The van der Waals surface area contributed by atoms with Crippen LogP contribution >= 0.6 is 11.3 Å². The van der Waals surface area contributed by atoms with Gasteiger partial charge in [0.05, 0.1) is 6.04 Å². The molecule has 1 unspecified atom stereocenters. The highest BCUT2D eigenvalue weighted by molar-refractivity contribution is 7.09. The summed E-state index contributed by atoms with van der Waals surface area (Å²) in [5.74, 6) is 0. The number of nitrogens with one attached hydrogen (secondary N) is 1. The fourth-order valence-corrected chi connectivity index (χ4v) is 3.72. The van der Waals surface area contributed by atoms with E-state index in [1.807, 2.05) is 0 Å². The van der Waals surface area contributed by atoms with Crippen LogP contribution in [-0.2, 0) is 6.42 Å². The van der Waals surface area contributed by atoms with Crippen molar-refractivity contribution in [2.45, 2.75) is 26.3 Å². The molecule has 0 amide bonds. The third-order valence-electron chi connectivity index (χ3n) is 3.86. The molecule has 0 spiro atoms. The molecule has 1 aromatic carbocycles. The fourth-order valence-electron chi connectivity index (χ4n) is 2.82. The van der Waals surface area contributed by atoms with Crippen molar-refractivity contribution in [2.75, 3.05) is 25.0 Å². The van der Waals surface area contributed by atoms with Gasteiger partial charge in [-0.25, -0.2) is 4.98 Å². The summed E-state index contributed by atoms with van der Waals surface area (Å²) < 4.78 is 0. The van der Waals surface area contributed by atoms with Gasteiger partial charge >= 0.3 is 0 Å². The summed E-state index contributed by atoms with van der Waals surface area (Å²) >= 11 is 1.74. The highest BCUT2D eigenvalue weighted by Gasteiger charge is 2.21. The number of anilines is 1. The second-order valence-corrected chi connectivity index (χ2v) is 6.27. The molecule has 0 bridgehead atoms. The Morgan fingerprint density at radius 1 is 1.45 bits per heavy atom. The summed E-state index contributed by atoms with van der Waals surface area (Å²) in [5.41, 5.74) is 5.27. The van der Waals surface area contributed by atoms with E-state index in [0.717, 1.165) is 30.2 Å². The van der Waals surface area contributed by atoms with Gasteiger partial charge in [0.2, 0.25) is 0 Å². The van der Waals surface area contributed by atoms with Crippen molar-refractivity contribution >= 4 is 17.0 Å². The third kappa shape index (κ3) is 2.45. The fraction of sp³-hybridized carbons (Fsp3) is 0.438. The molecule has 3 rings (SSSR count). The molecular formula is C16H21N3S. The molecule has 4 heteroatoms. The molecule has 1 aliphatic heterocycles. The number of likely N-dealkylation sites (N-methyl/N-ethyl adjacent to an activating group) is 1. The second-order valence-electron chi connectivity index (χ2n) is 5.38. The standard InChI is InChI=1S/C16H21N3S/c1-4-17-15(16-18-11(2)10-20-16)13-5-6-14-12(9-13)7-8-19(14)3/h5-6,9-10,15,17H,4,7-8H2,1-3H3. The van der Waals surface area contributed by atoms with Gasteiger partial charge in [0.15, 0.2) is 0 Å². The predicted octanol–water partition coefficient (Wildman–Crippen LogP) is 3.14. The topological polar surface area (TPSA) is 28.2 Å². The Kier molecular flexibility index (Phi) is 3.76. The summed E-state index contributed by atoms with van der Waals surface area (Å²) in [4.78, 5) is 6.99. The minimum Gasteiger partial charge on any atom is -0.374 e. The van der Waals surface area contributed by atoms with E-state index >= 15 is 0 Å². The lowest BCUT2D eigenvalue weighted by Gasteiger charge is -2.18. The van der Waals surface area contributed by atoms with Gasteiger partial charge in [0.1, 0.15) is 5.01 Å². The van der Waals surface area contributed by atoms with Gasteiger partial charge in [-0.3, -0.25) is 0 Å². The van der Waals surface area contributed by atoms with Gasteiger partial charge in [-0.1, -0.05) is 19.1 Å². The van der Waals surface area contributed by atoms with E-state index in [4.69, 9.17) is 0 Å². The minimum atomic E-state index is 0.218. The monoisotopic (exact) mass is 287 g/mol. The number of thiazole rings is 1. The largest absolute Gasteiger partial charge is 0.374 e. The lowest BCUT2D eigenvalue weighted by atomic mass is 10.0. The molecule has 20 heavy (non-hydrogen) atoms. The van der Waals surface area contributed by atoms with Gasteiger partial charge < -0.3 is 10.2 Å². The van der Waals surface area contributed by atoms with Crippen LogP contribution in [0.4, 0.5) is 5.69 Å². The van der Waals surface area contributed by atoms with E-state index in [9.17, 15) is 0 Å². The van der Waals surface area contributed by atoms with Crippen molar-refractivity contribution in [3.8, 4) is 0 Å². The van der Waals surface area contributed by atoms with Crippen LogP contribution < -0.4 is 10.2 Å². The SMILES string of the molecule is CCNC(c1ccc2c(c1)CCN2C)c1nc(C)cs1. The minimum absolute atomic E-state index is 0.218. The van der Waals surface area contributed by atoms with Gasteiger partial charge in [0, 0.05) is 30.4 Å². The lowest BCUT2D eigenvalue weighted by molar-refractivity contribution is 0.626. The number of aromatic nitrogens is 1. The summed E-state index contributed by atoms with van der Waals surface area (Å²) in [6.07, 6.45) is 1.15. The molecule has 1 N–H and O–H groups in total. The Hall–Kier alpha value is -1.39. The first-order valence-electron chi connectivity index (χ1n) is 7.18. The van der Waals surface area contributed by atoms with Crippen LogP contribution in [0.5, 0.6) is 0 Å². The summed E-state index contributed by atoms with van der Waals surface area (Å²) in [7, 11) is 2.16. The van der Waals surface area contributed by atoms with E-state index in [0.29, 0.717) is 0 Å². The van der Waals surface area contributed by atoms with Crippen molar-refractivity contribution in [2.24, 2.45) is 0 Å². The quantitative estimate of drug-likeness (QED) is 0.936. The van der Waals surface area contributed by atoms with Crippen molar-refractivity contribution in [3.05, 3.63) is 45.4 Å². The summed E-state index contributed by atoms with van der Waals surface area (Å²) in [6.45, 7) is 6.27. The first kappa shape index (κ1) is 13.6. The molecule has 0 aliphatic carbocycles. The van der Waals surface area contributed by atoms with Crippen LogP contribution in [0.3, 0.4) is 0 Å². The van der Waals surface area contributed by atoms with E-state index in [-0.39, 0.29) is 6.04 Å². The van der Waals surface area contributed by atoms with Gasteiger partial charge in [-0.15, -0.1) is 11.3 Å². The molecule has 0 saturated heterocycles. The normalized spacial score (nSPS) is 15.4. The second kappa shape index (κ2) is 5.54. The zero-order valence-electron chi connectivity index (χ0n) is 12.3. The molecule has 2 heterocycles. The molecule has 0 radical (unpaired) electrons. The average molecular weight is 287 g/mol. The highest BCUT2D eigenvalue weighted by atomic mass is 32.1. The Balaban J connectivity index is 1.96. The lowest BCUT2D eigenvalue weighted by Crippen LogP contribution is -2.22. The number of hydrogen-bond acceptors (Lipinski definition) is 4. The van der Waals surface area contributed by atoms with E-state index in [1.165, 1.54) is 16.8 Å². The number of nitrogens with zero attached hydrogens (tertiary/aromatic N) is 2. The smallest absolute Gasteiger partial charge is 0.114 e. The maximum absolute atomic E-state index is 4.66. The van der Waals surface area contributed by atoms with Crippen molar-refractivity contribution in [1.29, 1.82) is 0 Å². The molecule has 1 aromatic heterocycles. The van der Waals surface area contributed by atoms with Gasteiger partial charge in [-0.2, -0.15) is 0 Å². The molecule has 1 aliphatic rings. The molecular weight excluding hydrogens is 266 g/mol. The van der Waals surface area contributed by atoms with Crippen molar-refractivity contribution in [1.82, 2.24) is 10.3 Å². The number of hydrogen-bond donors (Lipinski definition) is 1. The van der Waals surface area contributed by atoms with Crippen molar-refractivity contribution < 1.29 is 0 Å². The van der Waals surface area contributed by atoms with E-state index in [1.54, 1.807) is 11.3 Å². The number of rotatable bonds is 4. The molecule has 106 valence electrons. The Morgan fingerprint density at radius 3 is 3.00 bits per heavy atom. The first-order chi connectivity index (χ1) is 9.69. The van der Waals surface area contributed by atoms with Crippen LogP contribution in [0.1, 0.15) is 34.8 Å². The van der Waals surface area contributed by atoms with Crippen LogP contribution in [-0.4, -0.2) is 25.1 Å². The molecule has 0 saturated carbocycles. The number of benzene rings is 1. The molecule has 3 nitrogen and oxygen atoms in total. The van der Waals surface area contributed by atoms with Gasteiger partial charge in [0.25, 0.3) is 0 Å². The first-order valence-corrected chi connectivity index (χ1v) is 8.06. The van der Waals surface area contributed by atoms with Crippen LogP contribution in [0.25, 0.3) is 0 Å². The van der Waals surface area contributed by atoms with Crippen LogP contribution in [0, 0.1) is 6.92 Å². The maximum atomic E-state index is 4.66. The number of aryl methyl sites for hydroxylation is 1. The maximum Gasteiger partial charge on any atom is 0.114 e. The van der Waals surface area contributed by atoms with E-state index in [2.05, 4.69) is 59.7 Å². The molecule has 2 aromatic rings. The molecule has 0 fully saturated rings.